The lowest BCUT2D eigenvalue weighted by atomic mass is 10.2. The van der Waals surface area contributed by atoms with Gasteiger partial charge in [0.05, 0.1) is 17.6 Å². The molecule has 1 N–H and O–H groups in total. The predicted molar refractivity (Wildman–Crippen MR) is 160 cm³/mol. The Hall–Kier alpha value is -3.90. The molecule has 2 fully saturated rings. The van der Waals surface area contributed by atoms with Crippen LogP contribution in [0.15, 0.2) is 52.3 Å². The molecule has 5 rings (SSSR count). The van der Waals surface area contributed by atoms with Crippen LogP contribution in [-0.4, -0.2) is 75.4 Å². The summed E-state index contributed by atoms with van der Waals surface area (Å²) in [5.41, 5.74) is 2.59. The molecule has 0 unspecified atom stereocenters. The number of amides is 1. The fourth-order valence-electron chi connectivity index (χ4n) is 4.80. The van der Waals surface area contributed by atoms with Crippen molar-refractivity contribution in [3.8, 4) is 5.75 Å². The van der Waals surface area contributed by atoms with E-state index in [0.29, 0.717) is 39.3 Å². The minimum absolute atomic E-state index is 0.0575. The number of carboxylic acid groups (broad SMARTS) is 1. The number of carboxylic acids is 1. The van der Waals surface area contributed by atoms with Crippen molar-refractivity contribution in [1.29, 1.82) is 0 Å². The molecule has 0 saturated carbocycles. The number of anilines is 2. The summed E-state index contributed by atoms with van der Waals surface area (Å²) in [7, 11) is 1.64. The highest BCUT2D eigenvalue weighted by Gasteiger charge is 2.33. The molecule has 2 aromatic heterocycles. The number of ether oxygens (including phenoxy) is 1. The minimum atomic E-state index is -0.928. The van der Waals surface area contributed by atoms with Crippen molar-refractivity contribution in [2.24, 2.45) is 0 Å². The van der Waals surface area contributed by atoms with Crippen molar-refractivity contribution in [2.45, 2.75) is 19.8 Å². The zero-order valence-electron chi connectivity index (χ0n) is 22.2. The van der Waals surface area contributed by atoms with Crippen LogP contribution < -0.4 is 20.1 Å². The Morgan fingerprint density at radius 3 is 2.48 bits per heavy atom. The Labute approximate surface area is 240 Å². The minimum Gasteiger partial charge on any atom is -0.497 e. The van der Waals surface area contributed by atoms with Crippen molar-refractivity contribution < 1.29 is 19.4 Å². The highest BCUT2D eigenvalue weighted by Crippen LogP contribution is 2.34. The number of hydrogen-bond acceptors (Lipinski definition) is 9. The van der Waals surface area contributed by atoms with Crippen LogP contribution in [0.2, 0.25) is 0 Å². The molecule has 40 heavy (non-hydrogen) atoms. The molecule has 208 valence electrons. The zero-order valence-corrected chi connectivity index (χ0v) is 23.8. The van der Waals surface area contributed by atoms with Gasteiger partial charge < -0.3 is 19.6 Å². The maximum Gasteiger partial charge on any atom is 0.303 e. The standard InChI is InChI=1S/C28H29N5O5S2/c1-18-5-10-23-29-25(31-14-12-30(13-15-31)19-6-8-20(38-2)9-7-19)21(26(36)33(23)17-18)16-22-27(37)32(28(39)40-22)11-3-4-24(34)35/h5-10,16-17H,3-4,11-15H2,1-2H3,(H,34,35). The molecule has 1 amide bonds. The van der Waals surface area contributed by atoms with Crippen LogP contribution in [0.1, 0.15) is 24.0 Å². The van der Waals surface area contributed by atoms with Crippen LogP contribution in [0, 0.1) is 6.92 Å². The van der Waals surface area contributed by atoms with Crippen molar-refractivity contribution >= 4 is 63.4 Å². The summed E-state index contributed by atoms with van der Waals surface area (Å²) in [5.74, 6) is 0.0717. The smallest absolute Gasteiger partial charge is 0.303 e. The third kappa shape index (κ3) is 5.68. The molecule has 0 aliphatic carbocycles. The first kappa shape index (κ1) is 27.7. The predicted octanol–water partition coefficient (Wildman–Crippen LogP) is 3.40. The van der Waals surface area contributed by atoms with E-state index in [1.54, 1.807) is 19.4 Å². The van der Waals surface area contributed by atoms with E-state index in [2.05, 4.69) is 9.80 Å². The monoisotopic (exact) mass is 579 g/mol. The first-order valence-electron chi connectivity index (χ1n) is 12.9. The van der Waals surface area contributed by atoms with Gasteiger partial charge in [-0.05, 0) is 55.3 Å². The number of pyridine rings is 1. The molecular formula is C28H29N5O5S2. The maximum atomic E-state index is 13.8. The highest BCUT2D eigenvalue weighted by atomic mass is 32.2. The van der Waals surface area contributed by atoms with Gasteiger partial charge in [0.25, 0.3) is 11.5 Å². The molecule has 4 heterocycles. The zero-order chi connectivity index (χ0) is 28.4. The summed E-state index contributed by atoms with van der Waals surface area (Å²) in [4.78, 5) is 48.9. The number of aliphatic carboxylic acids is 1. The summed E-state index contributed by atoms with van der Waals surface area (Å²) in [6.45, 7) is 4.84. The maximum absolute atomic E-state index is 13.8. The molecular weight excluding hydrogens is 550 g/mol. The number of carbonyl (C=O) groups is 2. The van der Waals surface area contributed by atoms with Gasteiger partial charge in [-0.15, -0.1) is 0 Å². The number of aryl methyl sites for hydroxylation is 1. The van der Waals surface area contributed by atoms with Gasteiger partial charge in [0, 0.05) is 51.0 Å². The summed E-state index contributed by atoms with van der Waals surface area (Å²) in [5, 5.41) is 8.95. The normalized spacial score (nSPS) is 16.9. The van der Waals surface area contributed by atoms with Crippen molar-refractivity contribution in [1.82, 2.24) is 14.3 Å². The van der Waals surface area contributed by atoms with E-state index in [-0.39, 0.29) is 30.9 Å². The Bertz CT molecular complexity index is 1560. The average molecular weight is 580 g/mol. The van der Waals surface area contributed by atoms with Gasteiger partial charge >= 0.3 is 5.97 Å². The Balaban J connectivity index is 1.46. The number of carbonyl (C=O) groups excluding carboxylic acids is 1. The van der Waals surface area contributed by atoms with E-state index in [1.807, 2.05) is 43.3 Å². The Morgan fingerprint density at radius 1 is 1.10 bits per heavy atom. The van der Waals surface area contributed by atoms with Crippen LogP contribution in [0.5, 0.6) is 5.75 Å². The summed E-state index contributed by atoms with van der Waals surface area (Å²) < 4.78 is 7.12. The van der Waals surface area contributed by atoms with Gasteiger partial charge in [0.2, 0.25) is 0 Å². The topological polar surface area (TPSA) is 108 Å². The van der Waals surface area contributed by atoms with Crippen LogP contribution in [0.3, 0.4) is 0 Å². The number of hydrogen-bond donors (Lipinski definition) is 1. The van der Waals surface area contributed by atoms with E-state index >= 15 is 0 Å². The van der Waals surface area contributed by atoms with Crippen molar-refractivity contribution in [3.05, 3.63) is 69.0 Å². The van der Waals surface area contributed by atoms with Gasteiger partial charge in [0.1, 0.15) is 21.5 Å². The Morgan fingerprint density at radius 2 is 1.80 bits per heavy atom. The molecule has 0 radical (unpaired) electrons. The van der Waals surface area contributed by atoms with E-state index < -0.39 is 5.97 Å². The second-order valence-corrected chi connectivity index (χ2v) is 11.3. The molecule has 0 atom stereocenters. The van der Waals surface area contributed by atoms with Gasteiger partial charge in [-0.25, -0.2) is 4.98 Å². The number of thioether (sulfide) groups is 1. The molecule has 1 aromatic carbocycles. The lowest BCUT2D eigenvalue weighted by molar-refractivity contribution is -0.137. The van der Waals surface area contributed by atoms with Crippen LogP contribution in [0.25, 0.3) is 11.7 Å². The summed E-state index contributed by atoms with van der Waals surface area (Å²) in [6.07, 6.45) is 3.56. The number of nitrogens with zero attached hydrogens (tertiary/aromatic N) is 5. The number of thiocarbonyl (C=S) groups is 1. The second-order valence-electron chi connectivity index (χ2n) is 9.59. The summed E-state index contributed by atoms with van der Waals surface area (Å²) in [6, 6.07) is 11.7. The van der Waals surface area contributed by atoms with Crippen LogP contribution >= 0.6 is 24.0 Å². The third-order valence-corrected chi connectivity index (χ3v) is 8.30. The highest BCUT2D eigenvalue weighted by molar-refractivity contribution is 8.26. The SMILES string of the molecule is COc1ccc(N2CCN(c3nc4ccc(C)cn4c(=O)c3C=C3SC(=S)N(CCCC(=O)O)C3=O)CC2)cc1. The van der Waals surface area contributed by atoms with Crippen LogP contribution in [-0.2, 0) is 9.59 Å². The number of rotatable bonds is 8. The molecule has 2 saturated heterocycles. The van der Waals surface area contributed by atoms with Gasteiger partial charge in [-0.1, -0.05) is 30.0 Å². The van der Waals surface area contributed by atoms with E-state index in [9.17, 15) is 14.4 Å². The number of piperazine rings is 1. The van der Waals surface area contributed by atoms with Crippen molar-refractivity contribution in [2.75, 3.05) is 49.6 Å². The lowest BCUT2D eigenvalue weighted by Gasteiger charge is -2.37. The van der Waals surface area contributed by atoms with Gasteiger partial charge in [0.15, 0.2) is 0 Å². The number of aromatic nitrogens is 2. The molecule has 2 aliphatic rings. The second kappa shape index (κ2) is 11.7. The number of methoxy groups -OCH3 is 1. The number of benzene rings is 1. The largest absolute Gasteiger partial charge is 0.497 e. The molecule has 2 aliphatic heterocycles. The molecule has 0 bridgehead atoms. The molecule has 0 spiro atoms. The fraction of sp³-hybridized carbons (Fsp3) is 0.321. The summed E-state index contributed by atoms with van der Waals surface area (Å²) >= 11 is 6.52. The Kier molecular flexibility index (Phi) is 8.08. The van der Waals surface area contributed by atoms with E-state index in [0.717, 1.165) is 41.9 Å². The van der Waals surface area contributed by atoms with Gasteiger partial charge in [-0.2, -0.15) is 0 Å². The third-order valence-electron chi connectivity index (χ3n) is 6.92. The fourth-order valence-corrected chi connectivity index (χ4v) is 6.09. The first-order valence-corrected chi connectivity index (χ1v) is 14.1. The van der Waals surface area contributed by atoms with Crippen molar-refractivity contribution in [3.63, 3.8) is 0 Å². The van der Waals surface area contributed by atoms with Gasteiger partial charge in [-0.3, -0.25) is 23.7 Å². The van der Waals surface area contributed by atoms with Crippen LogP contribution in [0.4, 0.5) is 11.5 Å². The van der Waals surface area contributed by atoms with E-state index in [4.69, 9.17) is 27.0 Å². The average Bonchev–Trinajstić information content (AvgIpc) is 3.22. The first-order chi connectivity index (χ1) is 19.2. The number of fused-ring (bicyclic) bond motifs is 1. The quantitative estimate of drug-likeness (QED) is 0.315. The lowest BCUT2D eigenvalue weighted by Crippen LogP contribution is -2.47. The van der Waals surface area contributed by atoms with E-state index in [1.165, 1.54) is 9.30 Å². The molecule has 12 heteroatoms. The molecule has 10 nitrogen and oxygen atoms in total. The molecule has 3 aromatic rings.